The first-order chi connectivity index (χ1) is 15.4. The predicted octanol–water partition coefficient (Wildman–Crippen LogP) is 5.12. The van der Waals surface area contributed by atoms with E-state index in [4.69, 9.17) is 10.9 Å². The summed E-state index contributed by atoms with van der Waals surface area (Å²) in [6, 6.07) is 12.0. The number of fused-ring (bicyclic) bond motifs is 1. The molecule has 7 nitrogen and oxygen atoms in total. The number of nitrogens with two attached hydrogens (primary N) is 2. The van der Waals surface area contributed by atoms with Crippen molar-refractivity contribution in [2.45, 2.75) is 37.6 Å². The van der Waals surface area contributed by atoms with Crippen molar-refractivity contribution in [3.63, 3.8) is 0 Å². The van der Waals surface area contributed by atoms with Crippen molar-refractivity contribution in [3.05, 3.63) is 65.5 Å². The van der Waals surface area contributed by atoms with Gasteiger partial charge in [-0.05, 0) is 48.2 Å². The van der Waals surface area contributed by atoms with E-state index in [2.05, 4.69) is 9.68 Å². The number of nitrogens with zero attached hydrogens (tertiary/aromatic N) is 2. The number of carbonyl (C=O) groups is 1. The highest BCUT2D eigenvalue weighted by Crippen LogP contribution is 2.33. The molecule has 0 bridgehead atoms. The number of rotatable bonds is 5. The predicted molar refractivity (Wildman–Crippen MR) is 133 cm³/mol. The second-order valence-electron chi connectivity index (χ2n) is 8.52. The molecule has 2 unspecified atom stereocenters. The first kappa shape index (κ1) is 24.6. The number of amides is 2. The summed E-state index contributed by atoms with van der Waals surface area (Å²) in [4.78, 5) is 15.1. The fourth-order valence-corrected chi connectivity index (χ4v) is 4.98. The van der Waals surface area contributed by atoms with E-state index < -0.39 is 27.8 Å². The van der Waals surface area contributed by atoms with E-state index in [9.17, 15) is 13.4 Å². The van der Waals surface area contributed by atoms with Gasteiger partial charge >= 0.3 is 6.03 Å². The number of halogens is 1. The molecule has 0 fully saturated rings. The molecule has 0 aliphatic carbocycles. The van der Waals surface area contributed by atoms with E-state index in [-0.39, 0.29) is 10.8 Å². The van der Waals surface area contributed by atoms with Gasteiger partial charge in [0.25, 0.3) is 0 Å². The van der Waals surface area contributed by atoms with E-state index in [1.165, 1.54) is 12.1 Å². The molecule has 5 N–H and O–H groups in total. The van der Waals surface area contributed by atoms with Crippen LogP contribution in [0.1, 0.15) is 43.9 Å². The van der Waals surface area contributed by atoms with Crippen molar-refractivity contribution in [1.29, 1.82) is 0 Å². The normalized spacial score (nSPS) is 14.1. The minimum Gasteiger partial charge on any atom is -0.377 e. The largest absolute Gasteiger partial charge is 0.377 e. The van der Waals surface area contributed by atoms with Crippen LogP contribution in [0.2, 0.25) is 0 Å². The smallest absolute Gasteiger partial charge is 0.354 e. The van der Waals surface area contributed by atoms with Gasteiger partial charge in [0, 0.05) is 36.6 Å². The van der Waals surface area contributed by atoms with Gasteiger partial charge in [0.05, 0.1) is 10.6 Å². The minimum atomic E-state index is -3.58. The lowest BCUT2D eigenvalue weighted by atomic mass is 9.95. The third-order valence-corrected chi connectivity index (χ3v) is 6.81. The summed E-state index contributed by atoms with van der Waals surface area (Å²) in [5.41, 5.74) is 8.28. The van der Waals surface area contributed by atoms with Crippen LogP contribution in [0.3, 0.4) is 0 Å². The standard InChI is InChI=1S/C24H30FN5O2S/c1-14(2)19-12-16(25)13-20(15(3)26)23(19)28-24(31)29-33(27,32)22-11-7-8-17-18(22)9-6-10-21(17)30(4)5/h6-15H,26H2,1-5H3,(H3,27,28,29,31,32). The van der Waals surface area contributed by atoms with Crippen LogP contribution in [-0.2, 0) is 9.92 Å². The van der Waals surface area contributed by atoms with E-state index in [1.54, 1.807) is 25.1 Å². The Bertz CT molecular complexity index is 1300. The number of benzene rings is 3. The van der Waals surface area contributed by atoms with Crippen molar-refractivity contribution >= 4 is 38.1 Å². The van der Waals surface area contributed by atoms with Crippen molar-refractivity contribution in [2.75, 3.05) is 24.3 Å². The van der Waals surface area contributed by atoms with Gasteiger partial charge in [-0.25, -0.2) is 18.5 Å². The van der Waals surface area contributed by atoms with Crippen LogP contribution >= 0.6 is 0 Å². The maximum atomic E-state index is 14.1. The molecule has 0 spiro atoms. The van der Waals surface area contributed by atoms with Crippen molar-refractivity contribution in [1.82, 2.24) is 0 Å². The van der Waals surface area contributed by atoms with Crippen LogP contribution in [0.5, 0.6) is 0 Å². The summed E-state index contributed by atoms with van der Waals surface area (Å²) in [7, 11) is 0.230. The summed E-state index contributed by atoms with van der Waals surface area (Å²) >= 11 is 0. The number of anilines is 2. The number of carbonyl (C=O) groups excluding carboxylic acids is 1. The third kappa shape index (κ3) is 5.16. The van der Waals surface area contributed by atoms with E-state index in [0.29, 0.717) is 22.2 Å². The molecule has 2 atom stereocenters. The van der Waals surface area contributed by atoms with Gasteiger partial charge in [-0.15, -0.1) is 4.36 Å². The molecule has 0 aliphatic heterocycles. The van der Waals surface area contributed by atoms with Crippen LogP contribution in [0.25, 0.3) is 10.8 Å². The SMILES string of the molecule is CC(C)c1cc(F)cc(C(C)N)c1NC(=O)N=S(N)(=O)c1cccc2c(N(C)C)cccc12. The molecular weight excluding hydrogens is 441 g/mol. The van der Waals surface area contributed by atoms with E-state index in [0.717, 1.165) is 11.1 Å². The second-order valence-corrected chi connectivity index (χ2v) is 10.3. The first-order valence-electron chi connectivity index (χ1n) is 10.6. The molecule has 3 rings (SSSR count). The maximum absolute atomic E-state index is 14.1. The molecule has 0 saturated carbocycles. The molecule has 9 heteroatoms. The average Bonchev–Trinajstić information content (AvgIpc) is 2.72. The second kappa shape index (κ2) is 9.46. The fraction of sp³-hybridized carbons (Fsp3) is 0.292. The summed E-state index contributed by atoms with van der Waals surface area (Å²) in [5, 5.41) is 10.2. The molecular formula is C24H30FN5O2S. The van der Waals surface area contributed by atoms with Crippen LogP contribution in [0.4, 0.5) is 20.6 Å². The third-order valence-electron chi connectivity index (χ3n) is 5.38. The lowest BCUT2D eigenvalue weighted by Gasteiger charge is -2.20. The number of hydrogen-bond donors (Lipinski definition) is 3. The summed E-state index contributed by atoms with van der Waals surface area (Å²) in [6.45, 7) is 5.43. The zero-order chi connectivity index (χ0) is 24.5. The van der Waals surface area contributed by atoms with Gasteiger partial charge < -0.3 is 16.0 Å². The van der Waals surface area contributed by atoms with Gasteiger partial charge in [-0.3, -0.25) is 0 Å². The molecule has 33 heavy (non-hydrogen) atoms. The van der Waals surface area contributed by atoms with Crippen molar-refractivity contribution in [3.8, 4) is 0 Å². The number of nitrogens with one attached hydrogen (secondary N) is 1. The number of hydrogen-bond acceptors (Lipinski definition) is 4. The number of urea groups is 1. The highest BCUT2D eigenvalue weighted by Gasteiger charge is 2.20. The Hall–Kier alpha value is -3.01. The minimum absolute atomic E-state index is 0.0988. The first-order valence-corrected chi connectivity index (χ1v) is 12.1. The highest BCUT2D eigenvalue weighted by molar-refractivity contribution is 7.92. The molecule has 0 aromatic heterocycles. The van der Waals surface area contributed by atoms with E-state index >= 15 is 0 Å². The lowest BCUT2D eigenvalue weighted by molar-refractivity contribution is 0.260. The Labute approximate surface area is 194 Å². The van der Waals surface area contributed by atoms with Gasteiger partial charge in [-0.2, -0.15) is 0 Å². The Balaban J connectivity index is 2.10. The van der Waals surface area contributed by atoms with Gasteiger partial charge in [0.2, 0.25) is 0 Å². The Morgan fingerprint density at radius 3 is 2.27 bits per heavy atom. The van der Waals surface area contributed by atoms with Crippen molar-refractivity contribution in [2.24, 2.45) is 15.2 Å². The summed E-state index contributed by atoms with van der Waals surface area (Å²) in [5.74, 6) is -0.547. The zero-order valence-corrected chi connectivity index (χ0v) is 20.2. The van der Waals surface area contributed by atoms with Crippen LogP contribution < -0.4 is 21.1 Å². The Morgan fingerprint density at radius 1 is 1.06 bits per heavy atom. The molecule has 0 radical (unpaired) electrons. The topological polar surface area (TPSA) is 114 Å². The lowest BCUT2D eigenvalue weighted by Crippen LogP contribution is -2.20. The van der Waals surface area contributed by atoms with E-state index in [1.807, 2.05) is 51.0 Å². The van der Waals surface area contributed by atoms with Gasteiger partial charge in [0.15, 0.2) is 0 Å². The Kier molecular flexibility index (Phi) is 7.06. The highest BCUT2D eigenvalue weighted by atomic mass is 32.2. The van der Waals surface area contributed by atoms with Gasteiger partial charge in [0.1, 0.15) is 15.7 Å². The summed E-state index contributed by atoms with van der Waals surface area (Å²) in [6.07, 6.45) is 0. The van der Waals surface area contributed by atoms with Crippen molar-refractivity contribution < 1.29 is 13.4 Å². The molecule has 0 aliphatic rings. The molecule has 176 valence electrons. The van der Waals surface area contributed by atoms with Crippen LogP contribution in [0, 0.1) is 5.82 Å². The van der Waals surface area contributed by atoms with Crippen LogP contribution in [0.15, 0.2) is 57.8 Å². The van der Waals surface area contributed by atoms with Crippen LogP contribution in [-0.4, -0.2) is 24.3 Å². The average molecular weight is 472 g/mol. The maximum Gasteiger partial charge on any atom is 0.354 e. The molecule has 0 heterocycles. The Morgan fingerprint density at radius 2 is 1.67 bits per heavy atom. The molecule has 3 aromatic carbocycles. The monoisotopic (exact) mass is 471 g/mol. The fourth-order valence-electron chi connectivity index (χ4n) is 3.82. The molecule has 2 amide bonds. The molecule has 3 aromatic rings. The molecule has 0 saturated heterocycles. The summed E-state index contributed by atoms with van der Waals surface area (Å²) < 4.78 is 31.4. The quantitative estimate of drug-likeness (QED) is 0.479. The zero-order valence-electron chi connectivity index (χ0n) is 19.4. The van der Waals surface area contributed by atoms with Gasteiger partial charge in [-0.1, -0.05) is 38.1 Å².